The molecule has 1 aliphatic heterocycles. The van der Waals surface area contributed by atoms with Crippen molar-refractivity contribution in [2.45, 2.75) is 38.0 Å². The van der Waals surface area contributed by atoms with Gasteiger partial charge in [0.15, 0.2) is 0 Å². The molecule has 1 saturated carbocycles. The Kier molecular flexibility index (Phi) is 4.59. The Bertz CT molecular complexity index is 579. The Labute approximate surface area is 135 Å². The number of aromatic nitrogens is 3. The van der Waals surface area contributed by atoms with Crippen LogP contribution in [-0.2, 0) is 16.1 Å². The number of nitriles is 1. The normalized spacial score (nSPS) is 24.6. The number of nitrogens with zero attached hydrogens (tertiary/aromatic N) is 5. The lowest BCUT2D eigenvalue weighted by atomic mass is 9.98. The topological polar surface area (TPSA) is 96.1 Å². The number of morpholine rings is 1. The van der Waals surface area contributed by atoms with Crippen LogP contribution < -0.4 is 5.32 Å². The maximum atomic E-state index is 12.3. The largest absolute Gasteiger partial charge is 0.374 e. The minimum Gasteiger partial charge on any atom is -0.374 e. The van der Waals surface area contributed by atoms with E-state index in [0.717, 1.165) is 12.8 Å². The van der Waals surface area contributed by atoms with Gasteiger partial charge in [-0.2, -0.15) is 10.4 Å². The van der Waals surface area contributed by atoms with Gasteiger partial charge in [-0.25, -0.2) is 4.98 Å². The minimum absolute atomic E-state index is 0.0102. The smallest absolute Gasteiger partial charge is 0.235 e. The van der Waals surface area contributed by atoms with E-state index in [0.29, 0.717) is 38.7 Å². The van der Waals surface area contributed by atoms with Gasteiger partial charge < -0.3 is 10.1 Å². The molecule has 2 heterocycles. The van der Waals surface area contributed by atoms with Gasteiger partial charge in [-0.3, -0.25) is 14.4 Å². The van der Waals surface area contributed by atoms with Crippen molar-refractivity contribution in [2.24, 2.45) is 5.92 Å². The van der Waals surface area contributed by atoms with Crippen LogP contribution in [0.2, 0.25) is 0 Å². The summed E-state index contributed by atoms with van der Waals surface area (Å²) in [6, 6.07) is 2.25. The summed E-state index contributed by atoms with van der Waals surface area (Å²) in [5, 5.41) is 16.3. The van der Waals surface area contributed by atoms with Crippen LogP contribution in [-0.4, -0.2) is 63.5 Å². The van der Waals surface area contributed by atoms with Gasteiger partial charge in [-0.15, -0.1) is 0 Å². The number of ether oxygens (including phenoxy) is 1. The van der Waals surface area contributed by atoms with E-state index in [1.165, 1.54) is 6.33 Å². The lowest BCUT2D eigenvalue weighted by Gasteiger charge is -2.33. The third-order valence-corrected chi connectivity index (χ3v) is 4.47. The van der Waals surface area contributed by atoms with Crippen molar-refractivity contribution in [2.75, 3.05) is 26.2 Å². The first-order valence-electron chi connectivity index (χ1n) is 7.98. The SMILES string of the molecule is C[C@](C#N)(NC(=O)CN1CCO[C@@H](Cn2cncn2)C1)C1CC1. The van der Waals surface area contributed by atoms with Gasteiger partial charge in [0.25, 0.3) is 0 Å². The summed E-state index contributed by atoms with van der Waals surface area (Å²) in [6.45, 7) is 4.70. The van der Waals surface area contributed by atoms with Crippen LogP contribution in [0.4, 0.5) is 0 Å². The van der Waals surface area contributed by atoms with Crippen molar-refractivity contribution in [1.82, 2.24) is 25.0 Å². The van der Waals surface area contributed by atoms with Crippen LogP contribution in [0.25, 0.3) is 0 Å². The molecule has 0 radical (unpaired) electrons. The highest BCUT2D eigenvalue weighted by Crippen LogP contribution is 2.39. The second-order valence-corrected chi connectivity index (χ2v) is 6.48. The summed E-state index contributed by atoms with van der Waals surface area (Å²) < 4.78 is 7.45. The molecule has 3 rings (SSSR count). The summed E-state index contributed by atoms with van der Waals surface area (Å²) in [5.74, 6) is 0.198. The van der Waals surface area contributed by atoms with E-state index >= 15 is 0 Å². The average Bonchev–Trinajstić information content (AvgIpc) is 3.27. The third kappa shape index (κ3) is 4.06. The fourth-order valence-electron chi connectivity index (χ4n) is 2.98. The van der Waals surface area contributed by atoms with Gasteiger partial charge in [0.1, 0.15) is 18.2 Å². The Morgan fingerprint density at radius 1 is 1.57 bits per heavy atom. The zero-order chi connectivity index (χ0) is 16.3. The summed E-state index contributed by atoms with van der Waals surface area (Å²) in [6.07, 6.45) is 5.17. The summed E-state index contributed by atoms with van der Waals surface area (Å²) in [7, 11) is 0. The number of hydrogen-bond donors (Lipinski definition) is 1. The Morgan fingerprint density at radius 2 is 2.39 bits per heavy atom. The van der Waals surface area contributed by atoms with E-state index in [1.807, 2.05) is 6.92 Å². The van der Waals surface area contributed by atoms with Crippen molar-refractivity contribution in [1.29, 1.82) is 5.26 Å². The monoisotopic (exact) mass is 318 g/mol. The third-order valence-electron chi connectivity index (χ3n) is 4.47. The van der Waals surface area contributed by atoms with Gasteiger partial charge >= 0.3 is 0 Å². The molecule has 1 aromatic heterocycles. The van der Waals surface area contributed by atoms with Crippen LogP contribution in [0.5, 0.6) is 0 Å². The second-order valence-electron chi connectivity index (χ2n) is 6.48. The molecular formula is C15H22N6O2. The molecule has 23 heavy (non-hydrogen) atoms. The standard InChI is InChI=1S/C15H22N6O2/c1-15(9-16,12-2-3-12)19-14(22)8-20-4-5-23-13(6-20)7-21-11-17-10-18-21/h10-13H,2-8H2,1H3,(H,19,22)/t13-,15-/m1/s1. The van der Waals surface area contributed by atoms with Crippen molar-refractivity contribution < 1.29 is 9.53 Å². The van der Waals surface area contributed by atoms with Gasteiger partial charge in [-0.05, 0) is 25.7 Å². The quantitative estimate of drug-likeness (QED) is 0.779. The maximum absolute atomic E-state index is 12.3. The molecule has 2 atom stereocenters. The molecule has 0 bridgehead atoms. The fourth-order valence-corrected chi connectivity index (χ4v) is 2.98. The average molecular weight is 318 g/mol. The number of hydrogen-bond acceptors (Lipinski definition) is 6. The predicted molar refractivity (Wildman–Crippen MR) is 81.1 cm³/mol. The highest BCUT2D eigenvalue weighted by molar-refractivity contribution is 5.79. The lowest BCUT2D eigenvalue weighted by Crippen LogP contribution is -2.53. The van der Waals surface area contributed by atoms with Crippen molar-refractivity contribution in [3.05, 3.63) is 12.7 Å². The van der Waals surface area contributed by atoms with E-state index in [-0.39, 0.29) is 12.0 Å². The van der Waals surface area contributed by atoms with Crippen LogP contribution in [0.15, 0.2) is 12.7 Å². The highest BCUT2D eigenvalue weighted by Gasteiger charge is 2.43. The number of rotatable bonds is 6. The van der Waals surface area contributed by atoms with E-state index < -0.39 is 5.54 Å². The molecule has 8 nitrogen and oxygen atoms in total. The molecule has 0 aromatic carbocycles. The lowest BCUT2D eigenvalue weighted by molar-refractivity contribution is -0.125. The number of nitrogens with one attached hydrogen (secondary N) is 1. The molecule has 8 heteroatoms. The van der Waals surface area contributed by atoms with Gasteiger partial charge in [0.2, 0.25) is 5.91 Å². The van der Waals surface area contributed by atoms with Crippen LogP contribution in [0.3, 0.4) is 0 Å². The molecule has 1 N–H and O–H groups in total. The maximum Gasteiger partial charge on any atom is 0.235 e. The predicted octanol–water partition coefficient (Wildman–Crippen LogP) is -0.213. The molecule has 1 saturated heterocycles. The van der Waals surface area contributed by atoms with E-state index in [2.05, 4.69) is 26.4 Å². The first kappa shape index (κ1) is 15.9. The van der Waals surface area contributed by atoms with E-state index in [9.17, 15) is 10.1 Å². The summed E-state index contributed by atoms with van der Waals surface area (Å²) >= 11 is 0. The molecule has 124 valence electrons. The first-order valence-corrected chi connectivity index (χ1v) is 7.98. The van der Waals surface area contributed by atoms with E-state index in [1.54, 1.807) is 11.0 Å². The van der Waals surface area contributed by atoms with E-state index in [4.69, 9.17) is 4.74 Å². The van der Waals surface area contributed by atoms with Crippen molar-refractivity contribution in [3.63, 3.8) is 0 Å². The zero-order valence-electron chi connectivity index (χ0n) is 13.3. The van der Waals surface area contributed by atoms with Crippen LogP contribution >= 0.6 is 0 Å². The fraction of sp³-hybridized carbons (Fsp3) is 0.733. The second kappa shape index (κ2) is 6.64. The summed E-state index contributed by atoms with van der Waals surface area (Å²) in [4.78, 5) is 18.2. The molecular weight excluding hydrogens is 296 g/mol. The van der Waals surface area contributed by atoms with Crippen molar-refractivity contribution in [3.8, 4) is 6.07 Å². The molecule has 0 unspecified atom stereocenters. The molecule has 0 spiro atoms. The number of carbonyl (C=O) groups is 1. The zero-order valence-corrected chi connectivity index (χ0v) is 13.3. The van der Waals surface area contributed by atoms with Gasteiger partial charge in [0, 0.05) is 13.1 Å². The minimum atomic E-state index is -0.733. The Hall–Kier alpha value is -1.98. The highest BCUT2D eigenvalue weighted by atomic mass is 16.5. The Morgan fingerprint density at radius 3 is 3.04 bits per heavy atom. The first-order chi connectivity index (χ1) is 11.1. The molecule has 1 aliphatic carbocycles. The van der Waals surface area contributed by atoms with Crippen molar-refractivity contribution >= 4 is 5.91 Å². The summed E-state index contributed by atoms with van der Waals surface area (Å²) in [5.41, 5.74) is -0.733. The molecule has 1 amide bonds. The number of carbonyl (C=O) groups excluding carboxylic acids is 1. The molecule has 1 aromatic rings. The van der Waals surface area contributed by atoms with Gasteiger partial charge in [0.05, 0.1) is 31.9 Å². The van der Waals surface area contributed by atoms with Gasteiger partial charge in [-0.1, -0.05) is 0 Å². The number of amides is 1. The Balaban J connectivity index is 1.49. The molecule has 2 aliphatic rings. The molecule has 2 fully saturated rings. The van der Waals surface area contributed by atoms with Crippen LogP contribution in [0.1, 0.15) is 19.8 Å². The van der Waals surface area contributed by atoms with Crippen LogP contribution in [0, 0.1) is 17.2 Å².